The second-order valence-electron chi connectivity index (χ2n) is 7.91. The molecule has 1 aliphatic heterocycles. The van der Waals surface area contributed by atoms with E-state index in [4.69, 9.17) is 9.98 Å². The van der Waals surface area contributed by atoms with E-state index in [1.54, 1.807) is 0 Å². The maximum absolute atomic E-state index is 5.09. The van der Waals surface area contributed by atoms with Crippen LogP contribution in [0.2, 0.25) is 0 Å². The van der Waals surface area contributed by atoms with Crippen molar-refractivity contribution in [2.75, 3.05) is 0 Å². The Morgan fingerprint density at radius 1 is 0.548 bits per heavy atom. The van der Waals surface area contributed by atoms with Gasteiger partial charge in [-0.3, -0.25) is 4.99 Å². The molecule has 2 atom stereocenters. The molecule has 31 heavy (non-hydrogen) atoms. The van der Waals surface area contributed by atoms with Crippen molar-refractivity contribution >= 4 is 11.5 Å². The van der Waals surface area contributed by atoms with Crippen LogP contribution in [0.1, 0.15) is 29.7 Å². The molecule has 4 aromatic rings. The Labute approximate surface area is 183 Å². The molecule has 0 saturated carbocycles. The Hall–Kier alpha value is -3.78. The van der Waals surface area contributed by atoms with Gasteiger partial charge in [-0.1, -0.05) is 116 Å². The zero-order valence-electron chi connectivity index (χ0n) is 17.5. The van der Waals surface area contributed by atoms with Crippen LogP contribution in [-0.4, -0.2) is 11.5 Å². The number of aliphatic imine (C=N–C) groups is 2. The lowest BCUT2D eigenvalue weighted by Crippen LogP contribution is -2.26. The van der Waals surface area contributed by atoms with E-state index >= 15 is 0 Å². The minimum atomic E-state index is 0.0317. The Morgan fingerprint density at radius 2 is 1.10 bits per heavy atom. The molecule has 4 aromatic carbocycles. The highest BCUT2D eigenvalue weighted by Crippen LogP contribution is 2.34. The lowest BCUT2D eigenvalue weighted by Gasteiger charge is -2.28. The number of rotatable bonds is 4. The molecule has 2 unspecified atom stereocenters. The third kappa shape index (κ3) is 3.97. The SMILES string of the molecule is CC1C(c2cccc(-c3ccccc3)c2)=NC(c2ccccc2)=NC1c1ccccc1. The molecule has 1 heterocycles. The molecule has 5 rings (SSSR count). The first-order valence-corrected chi connectivity index (χ1v) is 10.7. The summed E-state index contributed by atoms with van der Waals surface area (Å²) < 4.78 is 0. The molecular formula is C29H24N2. The van der Waals surface area contributed by atoms with Gasteiger partial charge in [-0.15, -0.1) is 0 Å². The van der Waals surface area contributed by atoms with E-state index in [0.29, 0.717) is 0 Å². The number of nitrogens with zero attached hydrogens (tertiary/aromatic N) is 2. The third-order valence-corrected chi connectivity index (χ3v) is 5.83. The summed E-state index contributed by atoms with van der Waals surface area (Å²) in [5, 5.41) is 0. The van der Waals surface area contributed by atoms with E-state index in [-0.39, 0.29) is 12.0 Å². The smallest absolute Gasteiger partial charge is 0.155 e. The van der Waals surface area contributed by atoms with Gasteiger partial charge in [-0.25, -0.2) is 4.99 Å². The predicted molar refractivity (Wildman–Crippen MR) is 130 cm³/mol. The van der Waals surface area contributed by atoms with Gasteiger partial charge in [-0.2, -0.15) is 0 Å². The summed E-state index contributed by atoms with van der Waals surface area (Å²) in [5.74, 6) is 0.966. The van der Waals surface area contributed by atoms with Gasteiger partial charge < -0.3 is 0 Å². The van der Waals surface area contributed by atoms with Crippen molar-refractivity contribution in [1.82, 2.24) is 0 Å². The van der Waals surface area contributed by atoms with Crippen molar-refractivity contribution in [2.24, 2.45) is 15.9 Å². The van der Waals surface area contributed by atoms with Crippen LogP contribution in [0.4, 0.5) is 0 Å². The maximum Gasteiger partial charge on any atom is 0.155 e. The van der Waals surface area contributed by atoms with E-state index in [1.165, 1.54) is 16.7 Å². The monoisotopic (exact) mass is 400 g/mol. The van der Waals surface area contributed by atoms with Crippen LogP contribution >= 0.6 is 0 Å². The van der Waals surface area contributed by atoms with Crippen molar-refractivity contribution in [2.45, 2.75) is 13.0 Å². The lowest BCUT2D eigenvalue weighted by molar-refractivity contribution is 0.592. The molecule has 2 nitrogen and oxygen atoms in total. The molecule has 150 valence electrons. The van der Waals surface area contributed by atoms with Gasteiger partial charge in [0.2, 0.25) is 0 Å². The number of hydrogen-bond acceptors (Lipinski definition) is 2. The molecule has 0 amide bonds. The fraction of sp³-hybridized carbons (Fsp3) is 0.103. The molecule has 0 bridgehead atoms. The van der Waals surface area contributed by atoms with Gasteiger partial charge in [0.25, 0.3) is 0 Å². The molecule has 0 radical (unpaired) electrons. The molecule has 0 fully saturated rings. The van der Waals surface area contributed by atoms with Gasteiger partial charge in [-0.05, 0) is 28.3 Å². The lowest BCUT2D eigenvalue weighted by atomic mass is 9.85. The van der Waals surface area contributed by atoms with Crippen LogP contribution in [0.25, 0.3) is 11.1 Å². The summed E-state index contributed by atoms with van der Waals surface area (Å²) in [4.78, 5) is 10.2. The van der Waals surface area contributed by atoms with E-state index in [0.717, 1.165) is 22.7 Å². The Bertz CT molecular complexity index is 1230. The predicted octanol–water partition coefficient (Wildman–Crippen LogP) is 6.98. The van der Waals surface area contributed by atoms with Crippen molar-refractivity contribution < 1.29 is 0 Å². The molecule has 0 spiro atoms. The van der Waals surface area contributed by atoms with Gasteiger partial charge in [0.15, 0.2) is 5.84 Å². The van der Waals surface area contributed by atoms with Crippen LogP contribution in [0.5, 0.6) is 0 Å². The zero-order valence-corrected chi connectivity index (χ0v) is 17.5. The van der Waals surface area contributed by atoms with Crippen molar-refractivity contribution in [3.05, 3.63) is 132 Å². The first-order valence-electron chi connectivity index (χ1n) is 10.7. The van der Waals surface area contributed by atoms with Crippen LogP contribution in [0.15, 0.2) is 125 Å². The topological polar surface area (TPSA) is 24.7 Å². The van der Waals surface area contributed by atoms with Crippen LogP contribution in [-0.2, 0) is 0 Å². The molecule has 0 saturated heterocycles. The zero-order chi connectivity index (χ0) is 21.0. The van der Waals surface area contributed by atoms with Gasteiger partial charge in [0.1, 0.15) is 0 Å². The number of benzene rings is 4. The van der Waals surface area contributed by atoms with E-state index in [9.17, 15) is 0 Å². The van der Waals surface area contributed by atoms with E-state index < -0.39 is 0 Å². The highest BCUT2D eigenvalue weighted by Gasteiger charge is 2.29. The van der Waals surface area contributed by atoms with Crippen LogP contribution in [0, 0.1) is 5.92 Å². The van der Waals surface area contributed by atoms with E-state index in [2.05, 4.69) is 97.9 Å². The van der Waals surface area contributed by atoms with Crippen molar-refractivity contribution in [3.8, 4) is 11.1 Å². The number of amidine groups is 1. The highest BCUT2D eigenvalue weighted by molar-refractivity contribution is 6.15. The van der Waals surface area contributed by atoms with Gasteiger partial charge in [0, 0.05) is 11.5 Å². The Kier molecular flexibility index (Phi) is 5.28. The fourth-order valence-electron chi connectivity index (χ4n) is 4.19. The van der Waals surface area contributed by atoms with Crippen molar-refractivity contribution in [1.29, 1.82) is 0 Å². The minimum absolute atomic E-state index is 0.0317. The van der Waals surface area contributed by atoms with Gasteiger partial charge in [0.05, 0.1) is 11.8 Å². The Balaban J connectivity index is 1.62. The molecule has 0 aliphatic carbocycles. The molecule has 1 aliphatic rings. The molecule has 0 N–H and O–H groups in total. The van der Waals surface area contributed by atoms with Crippen LogP contribution in [0.3, 0.4) is 0 Å². The summed E-state index contributed by atoms with van der Waals surface area (Å²) >= 11 is 0. The van der Waals surface area contributed by atoms with E-state index in [1.807, 2.05) is 24.3 Å². The highest BCUT2D eigenvalue weighted by atomic mass is 15.0. The summed E-state index contributed by atoms with van der Waals surface area (Å²) in [5.41, 5.74) is 6.92. The quantitative estimate of drug-likeness (QED) is 0.353. The van der Waals surface area contributed by atoms with Crippen molar-refractivity contribution in [3.63, 3.8) is 0 Å². The van der Waals surface area contributed by atoms with Crippen LogP contribution < -0.4 is 0 Å². The standard InChI is InChI=1S/C29H24N2/c1-21-27(23-14-7-3-8-15-23)30-29(24-16-9-4-10-17-24)31-28(21)26-19-11-18-25(20-26)22-12-5-2-6-13-22/h2-21,27H,1H3. The first kappa shape index (κ1) is 19.2. The number of hydrogen-bond donors (Lipinski definition) is 0. The maximum atomic E-state index is 5.09. The second kappa shape index (κ2) is 8.53. The van der Waals surface area contributed by atoms with Gasteiger partial charge >= 0.3 is 0 Å². The minimum Gasteiger partial charge on any atom is -0.257 e. The summed E-state index contributed by atoms with van der Waals surface area (Å²) in [7, 11) is 0. The average molecular weight is 401 g/mol. The normalized spacial score (nSPS) is 18.2. The average Bonchev–Trinajstić information content (AvgIpc) is 2.86. The summed E-state index contributed by atoms with van der Waals surface area (Å²) in [6.07, 6.45) is 0. The fourth-order valence-corrected chi connectivity index (χ4v) is 4.19. The first-order chi connectivity index (χ1) is 15.3. The Morgan fingerprint density at radius 3 is 1.77 bits per heavy atom. The second-order valence-corrected chi connectivity index (χ2v) is 7.91. The third-order valence-electron chi connectivity index (χ3n) is 5.83. The largest absolute Gasteiger partial charge is 0.257 e. The molecule has 2 heteroatoms. The summed E-state index contributed by atoms with van der Waals surface area (Å²) in [6.45, 7) is 2.23. The molecule has 0 aromatic heterocycles. The summed E-state index contributed by atoms with van der Waals surface area (Å²) in [6, 6.07) is 40.0. The molecular weight excluding hydrogens is 376 g/mol.